The molecule has 30 heavy (non-hydrogen) atoms. The SMILES string of the molecule is O=S(=O)(O)O[C@@H]1[C@H](OOO)[C@@H](OO)[C@H](OS(=O)(=O)O)[C@@H](OP(O)O)[C@@H]1OS(=O)(=O)O. The van der Waals surface area contributed by atoms with Crippen molar-refractivity contribution in [1.82, 2.24) is 0 Å². The fourth-order valence-corrected chi connectivity index (χ4v) is 4.34. The van der Waals surface area contributed by atoms with E-state index in [1.807, 2.05) is 0 Å². The summed E-state index contributed by atoms with van der Waals surface area (Å²) in [6.07, 6.45) is -15.7. The van der Waals surface area contributed by atoms with Crippen LogP contribution < -0.4 is 0 Å². The molecule has 0 amide bonds. The molecular formula is C6H13O20PS3. The van der Waals surface area contributed by atoms with E-state index in [4.69, 9.17) is 34.0 Å². The van der Waals surface area contributed by atoms with Gasteiger partial charge in [0.15, 0.2) is 12.2 Å². The lowest BCUT2D eigenvalue weighted by atomic mass is 9.85. The summed E-state index contributed by atoms with van der Waals surface area (Å²) in [7, 11) is -20.4. The van der Waals surface area contributed by atoms with Gasteiger partial charge in [0.05, 0.1) is 0 Å². The summed E-state index contributed by atoms with van der Waals surface area (Å²) in [6, 6.07) is 0. The molecule has 0 unspecified atom stereocenters. The first kappa shape index (κ1) is 27.8. The van der Waals surface area contributed by atoms with Gasteiger partial charge in [0, 0.05) is 0 Å². The van der Waals surface area contributed by atoms with Gasteiger partial charge in [-0.25, -0.2) is 22.7 Å². The molecule has 0 bridgehead atoms. The summed E-state index contributed by atoms with van der Waals surface area (Å²) in [6.45, 7) is 0. The topological polar surface area (TPSA) is 309 Å². The minimum absolute atomic E-state index is 2.49. The van der Waals surface area contributed by atoms with Crippen LogP contribution in [0.15, 0.2) is 0 Å². The van der Waals surface area contributed by atoms with Crippen molar-refractivity contribution >= 4 is 39.8 Å². The highest BCUT2D eigenvalue weighted by atomic mass is 32.3. The van der Waals surface area contributed by atoms with Gasteiger partial charge in [-0.3, -0.25) is 18.9 Å². The van der Waals surface area contributed by atoms with E-state index in [-0.39, 0.29) is 0 Å². The molecule has 24 heteroatoms. The van der Waals surface area contributed by atoms with Crippen LogP contribution >= 0.6 is 8.60 Å². The molecule has 1 aliphatic carbocycles. The van der Waals surface area contributed by atoms with Crippen LogP contribution in [0.25, 0.3) is 0 Å². The Kier molecular flexibility index (Phi) is 9.77. The predicted octanol–water partition coefficient (Wildman–Crippen LogP) is -3.19. The van der Waals surface area contributed by atoms with Crippen molar-refractivity contribution in [3.8, 4) is 0 Å². The van der Waals surface area contributed by atoms with Crippen LogP contribution in [0, 0.1) is 0 Å². The largest absolute Gasteiger partial charge is 0.397 e. The molecule has 1 aliphatic rings. The second-order valence-corrected chi connectivity index (χ2v) is 8.85. The molecule has 0 aromatic carbocycles. The van der Waals surface area contributed by atoms with E-state index in [1.165, 1.54) is 0 Å². The van der Waals surface area contributed by atoms with Crippen molar-refractivity contribution in [2.75, 3.05) is 0 Å². The second kappa shape index (κ2) is 10.6. The Bertz CT molecular complexity index is 864. The molecule has 6 atom stereocenters. The molecule has 0 spiro atoms. The molecule has 180 valence electrons. The normalized spacial score (nSPS) is 31.2. The van der Waals surface area contributed by atoms with Crippen LogP contribution in [-0.2, 0) is 63.1 Å². The lowest BCUT2D eigenvalue weighted by molar-refractivity contribution is -0.528. The van der Waals surface area contributed by atoms with Crippen LogP contribution in [0.5, 0.6) is 0 Å². The third kappa shape index (κ3) is 8.69. The second-order valence-electron chi connectivity index (χ2n) is 4.99. The molecule has 1 rings (SSSR count). The molecule has 1 saturated carbocycles. The average molecular weight is 532 g/mol. The van der Waals surface area contributed by atoms with Gasteiger partial charge in [-0.1, -0.05) is 5.04 Å². The summed E-state index contributed by atoms with van der Waals surface area (Å²) < 4.78 is 110. The molecule has 0 aromatic rings. The monoisotopic (exact) mass is 532 g/mol. The maximum absolute atomic E-state index is 11.1. The number of rotatable bonds is 11. The van der Waals surface area contributed by atoms with Gasteiger partial charge in [-0.2, -0.15) is 30.1 Å². The van der Waals surface area contributed by atoms with Crippen LogP contribution in [0.1, 0.15) is 0 Å². The summed E-state index contributed by atoms with van der Waals surface area (Å²) in [5, 5.41) is 20.7. The zero-order valence-corrected chi connectivity index (χ0v) is 16.9. The highest BCUT2D eigenvalue weighted by Gasteiger charge is 2.60. The zero-order chi connectivity index (χ0) is 23.5. The van der Waals surface area contributed by atoms with Crippen molar-refractivity contribution in [2.24, 2.45) is 0 Å². The Morgan fingerprint density at radius 1 is 0.600 bits per heavy atom. The zero-order valence-electron chi connectivity index (χ0n) is 13.6. The maximum Gasteiger partial charge on any atom is 0.397 e. The van der Waals surface area contributed by atoms with Crippen molar-refractivity contribution in [3.63, 3.8) is 0 Å². The molecule has 0 aromatic heterocycles. The third-order valence-electron chi connectivity index (χ3n) is 3.13. The molecule has 0 radical (unpaired) electrons. The van der Waals surface area contributed by atoms with Gasteiger partial charge in [-0.05, 0) is 0 Å². The van der Waals surface area contributed by atoms with E-state index in [2.05, 4.69) is 31.9 Å². The predicted molar refractivity (Wildman–Crippen MR) is 81.6 cm³/mol. The maximum atomic E-state index is 11.1. The molecule has 7 N–H and O–H groups in total. The van der Waals surface area contributed by atoms with Crippen molar-refractivity contribution in [1.29, 1.82) is 0 Å². The van der Waals surface area contributed by atoms with Gasteiger partial charge in [-0.15, -0.1) is 0 Å². The van der Waals surface area contributed by atoms with Crippen LogP contribution in [-0.4, -0.2) is 95.8 Å². The number of hydrogen-bond acceptors (Lipinski definition) is 17. The summed E-state index contributed by atoms with van der Waals surface area (Å²) >= 11 is 0. The Morgan fingerprint density at radius 3 is 1.27 bits per heavy atom. The van der Waals surface area contributed by atoms with E-state index >= 15 is 0 Å². The van der Waals surface area contributed by atoms with E-state index in [0.29, 0.717) is 0 Å². The molecule has 0 saturated heterocycles. The quantitative estimate of drug-likeness (QED) is 0.0596. The first-order valence-corrected chi connectivity index (χ1v) is 11.8. The van der Waals surface area contributed by atoms with Gasteiger partial charge in [0.2, 0.25) is 0 Å². The molecule has 0 heterocycles. The summed E-state index contributed by atoms with van der Waals surface area (Å²) in [5.74, 6) is 0. The van der Waals surface area contributed by atoms with Crippen LogP contribution in [0.2, 0.25) is 0 Å². The highest BCUT2D eigenvalue weighted by molar-refractivity contribution is 7.81. The number of hydrogen-bond donors (Lipinski definition) is 7. The van der Waals surface area contributed by atoms with Crippen molar-refractivity contribution in [3.05, 3.63) is 0 Å². The van der Waals surface area contributed by atoms with Crippen molar-refractivity contribution in [2.45, 2.75) is 36.6 Å². The van der Waals surface area contributed by atoms with Crippen molar-refractivity contribution < 1.29 is 91.1 Å². The van der Waals surface area contributed by atoms with Gasteiger partial charge >= 0.3 is 39.8 Å². The lowest BCUT2D eigenvalue weighted by Gasteiger charge is -2.45. The van der Waals surface area contributed by atoms with E-state index in [0.717, 1.165) is 0 Å². The fraction of sp³-hybridized carbons (Fsp3) is 1.00. The van der Waals surface area contributed by atoms with Crippen LogP contribution in [0.4, 0.5) is 0 Å². The van der Waals surface area contributed by atoms with E-state index < -0.39 is 76.4 Å². The van der Waals surface area contributed by atoms with Gasteiger partial charge in [0.25, 0.3) is 0 Å². The minimum Gasteiger partial charge on any atom is -0.328 e. The summed E-state index contributed by atoms with van der Waals surface area (Å²) in [5.41, 5.74) is 0. The third-order valence-corrected chi connectivity index (χ3v) is 4.96. The Morgan fingerprint density at radius 2 is 0.967 bits per heavy atom. The van der Waals surface area contributed by atoms with Crippen LogP contribution in [0.3, 0.4) is 0 Å². The molecule has 1 fully saturated rings. The Hall–Kier alpha value is -0.280. The standard InChI is InChI=1S/C6H13O20PS3/c7-20-1-2(21-26-8)5(24-29(14,15)16)6(25-30(17,18)19)3(22-27(9)10)4(1)23-28(11,12)13/h1-10H,(H,11,12,13)(H,14,15,16)(H,17,18,19)/t1-,2-,3-,4+,5-,6+/m1/s1. The fourth-order valence-electron chi connectivity index (χ4n) is 2.38. The first-order valence-electron chi connectivity index (χ1n) is 6.58. The Labute approximate surface area is 168 Å². The van der Waals surface area contributed by atoms with E-state index in [1.54, 1.807) is 0 Å². The molecular weight excluding hydrogens is 519 g/mol. The smallest absolute Gasteiger partial charge is 0.328 e. The van der Waals surface area contributed by atoms with E-state index in [9.17, 15) is 25.3 Å². The van der Waals surface area contributed by atoms with Gasteiger partial charge in [0.1, 0.15) is 24.4 Å². The average Bonchev–Trinajstić information content (AvgIpc) is 2.50. The lowest BCUT2D eigenvalue weighted by Crippen LogP contribution is -2.67. The van der Waals surface area contributed by atoms with Gasteiger partial charge < -0.3 is 14.3 Å². The molecule has 20 nitrogen and oxygen atoms in total. The Balaban J connectivity index is 3.70. The minimum atomic E-state index is -5.63. The first-order chi connectivity index (χ1) is 13.5. The molecule has 0 aliphatic heterocycles. The summed E-state index contributed by atoms with van der Waals surface area (Å²) in [4.78, 5) is 25.9. The highest BCUT2D eigenvalue weighted by Crippen LogP contribution is 2.40.